The topological polar surface area (TPSA) is 67.4 Å². The Balaban J connectivity index is 2.69. The van der Waals surface area contributed by atoms with Gasteiger partial charge < -0.3 is 10.1 Å². The van der Waals surface area contributed by atoms with Crippen LogP contribution >= 0.6 is 15.9 Å². The molecule has 0 bridgehead atoms. The highest BCUT2D eigenvalue weighted by Gasteiger charge is 2.13. The zero-order valence-electron chi connectivity index (χ0n) is 11.1. The normalized spacial score (nSPS) is 11.3. The predicted octanol–water partition coefficient (Wildman–Crippen LogP) is 2.20. The highest BCUT2D eigenvalue weighted by atomic mass is 79.9. The van der Waals surface area contributed by atoms with Crippen molar-refractivity contribution in [2.75, 3.05) is 30.7 Å². The number of halogens is 1. The van der Waals surface area contributed by atoms with Crippen molar-refractivity contribution < 1.29 is 13.2 Å². The summed E-state index contributed by atoms with van der Waals surface area (Å²) in [7, 11) is -1.87. The molecule has 0 aromatic heterocycles. The Morgan fingerprint density at radius 3 is 2.68 bits per heavy atom. The second kappa shape index (κ2) is 7.72. The van der Waals surface area contributed by atoms with E-state index in [1.807, 2.05) is 6.92 Å². The van der Waals surface area contributed by atoms with E-state index in [1.54, 1.807) is 18.2 Å². The van der Waals surface area contributed by atoms with E-state index in [4.69, 9.17) is 4.74 Å². The number of hydrogen-bond acceptors (Lipinski definition) is 4. The monoisotopic (exact) mass is 350 g/mol. The Bertz CT molecular complexity index is 506. The van der Waals surface area contributed by atoms with E-state index in [0.717, 1.165) is 17.4 Å². The third-order valence-electron chi connectivity index (χ3n) is 2.40. The Morgan fingerprint density at radius 1 is 1.32 bits per heavy atom. The number of sulfonamides is 1. The van der Waals surface area contributed by atoms with E-state index >= 15 is 0 Å². The van der Waals surface area contributed by atoms with Gasteiger partial charge in [0.1, 0.15) is 5.75 Å². The van der Waals surface area contributed by atoms with Crippen LogP contribution in [0.15, 0.2) is 22.7 Å². The highest BCUT2D eigenvalue weighted by Crippen LogP contribution is 2.28. The van der Waals surface area contributed by atoms with E-state index in [2.05, 4.69) is 26.0 Å². The first-order valence-corrected chi connectivity index (χ1v) is 8.47. The van der Waals surface area contributed by atoms with Crippen LogP contribution < -0.4 is 14.8 Å². The second-order valence-electron chi connectivity index (χ2n) is 4.02. The fourth-order valence-corrected chi connectivity index (χ4v) is 2.86. The van der Waals surface area contributed by atoms with Gasteiger partial charge in [0, 0.05) is 11.0 Å². The zero-order chi connectivity index (χ0) is 14.3. The van der Waals surface area contributed by atoms with Crippen molar-refractivity contribution in [1.82, 2.24) is 5.32 Å². The van der Waals surface area contributed by atoms with Gasteiger partial charge in [0.25, 0.3) is 0 Å². The van der Waals surface area contributed by atoms with Crippen LogP contribution in [0.5, 0.6) is 5.75 Å². The van der Waals surface area contributed by atoms with Crippen molar-refractivity contribution in [3.05, 3.63) is 22.7 Å². The lowest BCUT2D eigenvalue weighted by Gasteiger charge is -2.12. The first-order chi connectivity index (χ1) is 8.98. The molecule has 0 saturated heterocycles. The standard InChI is InChI=1S/C12H19BrN2O3S/c1-3-6-14-7-8-19(16,17)15-11-9-10(13)4-5-12(11)18-2/h4-5,9,14-15H,3,6-8H2,1-2H3. The molecule has 0 heterocycles. The Morgan fingerprint density at radius 2 is 2.05 bits per heavy atom. The molecule has 2 N–H and O–H groups in total. The quantitative estimate of drug-likeness (QED) is 0.705. The third kappa shape index (κ3) is 5.80. The maximum Gasteiger partial charge on any atom is 0.234 e. The molecule has 1 aromatic rings. The molecule has 19 heavy (non-hydrogen) atoms. The third-order valence-corrected chi connectivity index (χ3v) is 4.17. The summed E-state index contributed by atoms with van der Waals surface area (Å²) >= 11 is 3.30. The lowest BCUT2D eigenvalue weighted by Crippen LogP contribution is -2.27. The molecule has 0 aliphatic rings. The SMILES string of the molecule is CCCNCCS(=O)(=O)Nc1cc(Br)ccc1OC. The van der Waals surface area contributed by atoms with Gasteiger partial charge >= 0.3 is 0 Å². The zero-order valence-corrected chi connectivity index (χ0v) is 13.5. The second-order valence-corrected chi connectivity index (χ2v) is 6.77. The molecule has 0 atom stereocenters. The van der Waals surface area contributed by atoms with Crippen molar-refractivity contribution in [3.8, 4) is 5.75 Å². The van der Waals surface area contributed by atoms with Crippen LogP contribution in [0, 0.1) is 0 Å². The molecule has 1 aromatic carbocycles. The molecule has 0 radical (unpaired) electrons. The van der Waals surface area contributed by atoms with Crippen LogP contribution in [0.3, 0.4) is 0 Å². The number of benzene rings is 1. The minimum absolute atomic E-state index is 0.0304. The van der Waals surface area contributed by atoms with Gasteiger partial charge in [-0.1, -0.05) is 22.9 Å². The lowest BCUT2D eigenvalue weighted by molar-refractivity contribution is 0.417. The smallest absolute Gasteiger partial charge is 0.234 e. The maximum atomic E-state index is 11.9. The summed E-state index contributed by atoms with van der Waals surface area (Å²) in [5.41, 5.74) is 0.437. The Kier molecular flexibility index (Phi) is 6.60. The lowest BCUT2D eigenvalue weighted by atomic mass is 10.3. The van der Waals surface area contributed by atoms with E-state index < -0.39 is 10.0 Å². The number of rotatable bonds is 8. The fourth-order valence-electron chi connectivity index (χ4n) is 1.49. The Labute approximate surface area is 122 Å². The summed E-state index contributed by atoms with van der Waals surface area (Å²) in [6.07, 6.45) is 0.979. The van der Waals surface area contributed by atoms with Gasteiger partial charge in [-0.2, -0.15) is 0 Å². The molecular formula is C12H19BrN2O3S. The molecule has 108 valence electrons. The number of nitrogens with one attached hydrogen (secondary N) is 2. The number of anilines is 1. The number of hydrogen-bond donors (Lipinski definition) is 2. The van der Waals surface area contributed by atoms with Gasteiger partial charge in [0.15, 0.2) is 0 Å². The van der Waals surface area contributed by atoms with Crippen molar-refractivity contribution >= 4 is 31.6 Å². The molecule has 0 spiro atoms. The van der Waals surface area contributed by atoms with Gasteiger partial charge in [-0.15, -0.1) is 0 Å². The van der Waals surface area contributed by atoms with Crippen LogP contribution in [0.2, 0.25) is 0 Å². The highest BCUT2D eigenvalue weighted by molar-refractivity contribution is 9.10. The molecule has 5 nitrogen and oxygen atoms in total. The summed E-state index contributed by atoms with van der Waals surface area (Å²) in [6.45, 7) is 3.28. The summed E-state index contributed by atoms with van der Waals surface area (Å²) in [4.78, 5) is 0. The first-order valence-electron chi connectivity index (χ1n) is 6.03. The van der Waals surface area contributed by atoms with Crippen molar-refractivity contribution in [3.63, 3.8) is 0 Å². The van der Waals surface area contributed by atoms with E-state index in [1.165, 1.54) is 7.11 Å². The average Bonchev–Trinajstić information content (AvgIpc) is 2.34. The van der Waals surface area contributed by atoms with Crippen LogP contribution in [-0.2, 0) is 10.0 Å². The van der Waals surface area contributed by atoms with E-state index in [0.29, 0.717) is 18.0 Å². The minimum Gasteiger partial charge on any atom is -0.495 e. The summed E-state index contributed by atoms with van der Waals surface area (Å²) in [5, 5.41) is 3.06. The first kappa shape index (κ1) is 16.3. The molecule has 0 aliphatic carbocycles. The van der Waals surface area contributed by atoms with E-state index in [-0.39, 0.29) is 5.75 Å². The minimum atomic E-state index is -3.38. The van der Waals surface area contributed by atoms with Gasteiger partial charge in [0.2, 0.25) is 10.0 Å². The molecule has 1 rings (SSSR count). The molecule has 0 amide bonds. The predicted molar refractivity (Wildman–Crippen MR) is 81.3 cm³/mol. The van der Waals surface area contributed by atoms with Gasteiger partial charge in [-0.05, 0) is 31.2 Å². The molecular weight excluding hydrogens is 332 g/mol. The van der Waals surface area contributed by atoms with Crippen LogP contribution in [0.1, 0.15) is 13.3 Å². The largest absolute Gasteiger partial charge is 0.495 e. The number of methoxy groups -OCH3 is 1. The molecule has 0 unspecified atom stereocenters. The maximum absolute atomic E-state index is 11.9. The van der Waals surface area contributed by atoms with Gasteiger partial charge in [0.05, 0.1) is 18.6 Å². The molecule has 7 heteroatoms. The summed E-state index contributed by atoms with van der Waals surface area (Å²) in [5.74, 6) is 0.524. The number of ether oxygens (including phenoxy) is 1. The Hall–Kier alpha value is -0.790. The van der Waals surface area contributed by atoms with Gasteiger partial charge in [-0.25, -0.2) is 8.42 Å². The van der Waals surface area contributed by atoms with Crippen molar-refractivity contribution in [2.45, 2.75) is 13.3 Å². The van der Waals surface area contributed by atoms with Crippen molar-refractivity contribution in [1.29, 1.82) is 0 Å². The van der Waals surface area contributed by atoms with Crippen molar-refractivity contribution in [2.24, 2.45) is 0 Å². The molecule has 0 aliphatic heterocycles. The molecule has 0 saturated carbocycles. The summed E-state index contributed by atoms with van der Waals surface area (Å²) in [6, 6.07) is 5.17. The van der Waals surface area contributed by atoms with Crippen LogP contribution in [0.4, 0.5) is 5.69 Å². The van der Waals surface area contributed by atoms with Crippen LogP contribution in [0.25, 0.3) is 0 Å². The van der Waals surface area contributed by atoms with Gasteiger partial charge in [-0.3, -0.25) is 4.72 Å². The average molecular weight is 351 g/mol. The molecule has 0 fully saturated rings. The summed E-state index contributed by atoms with van der Waals surface area (Å²) < 4.78 is 32.3. The van der Waals surface area contributed by atoms with E-state index in [9.17, 15) is 8.42 Å². The van der Waals surface area contributed by atoms with Crippen LogP contribution in [-0.4, -0.2) is 34.4 Å². The fraction of sp³-hybridized carbons (Fsp3) is 0.500.